The van der Waals surface area contributed by atoms with Crippen LogP contribution in [-0.2, 0) is 16.1 Å². The van der Waals surface area contributed by atoms with Crippen molar-refractivity contribution in [2.24, 2.45) is 5.92 Å². The number of hydrogen-bond acceptors (Lipinski definition) is 4. The number of nitrogens with zero attached hydrogens (tertiary/aromatic N) is 1. The SMILES string of the molecule is COc1ccccc1CN1C(=O)C(Cl)=C(c2ccc(OCC(C)C)cc2)C1=O. The van der Waals surface area contributed by atoms with Gasteiger partial charge in [-0.15, -0.1) is 0 Å². The lowest BCUT2D eigenvalue weighted by molar-refractivity contribution is -0.137. The summed E-state index contributed by atoms with van der Waals surface area (Å²) in [6, 6.07) is 14.3. The Bertz CT molecular complexity index is 918. The summed E-state index contributed by atoms with van der Waals surface area (Å²) in [5.41, 5.74) is 1.52. The molecule has 2 aromatic carbocycles. The Labute approximate surface area is 169 Å². The van der Waals surface area contributed by atoms with Crippen LogP contribution in [0.5, 0.6) is 11.5 Å². The molecule has 0 spiro atoms. The normalized spacial score (nSPS) is 14.2. The highest BCUT2D eigenvalue weighted by atomic mass is 35.5. The third kappa shape index (κ3) is 4.04. The van der Waals surface area contributed by atoms with E-state index in [1.54, 1.807) is 37.4 Å². The van der Waals surface area contributed by atoms with Crippen molar-refractivity contribution in [2.45, 2.75) is 20.4 Å². The van der Waals surface area contributed by atoms with Crippen molar-refractivity contribution in [3.05, 3.63) is 64.7 Å². The number of amides is 2. The van der Waals surface area contributed by atoms with Gasteiger partial charge in [0.15, 0.2) is 0 Å². The third-order valence-electron chi connectivity index (χ3n) is 4.36. The van der Waals surface area contributed by atoms with Crippen LogP contribution >= 0.6 is 11.6 Å². The molecule has 0 fully saturated rings. The molecular weight excluding hydrogens is 378 g/mol. The summed E-state index contributed by atoms with van der Waals surface area (Å²) >= 11 is 6.24. The largest absolute Gasteiger partial charge is 0.496 e. The van der Waals surface area contributed by atoms with Gasteiger partial charge in [-0.05, 0) is 29.7 Å². The Hall–Kier alpha value is -2.79. The number of ether oxygens (including phenoxy) is 2. The number of imide groups is 1. The Kier molecular flexibility index (Phi) is 6.05. The fourth-order valence-corrected chi connectivity index (χ4v) is 3.22. The van der Waals surface area contributed by atoms with Gasteiger partial charge in [0.2, 0.25) is 0 Å². The van der Waals surface area contributed by atoms with E-state index in [4.69, 9.17) is 21.1 Å². The molecule has 2 amide bonds. The first-order valence-corrected chi connectivity index (χ1v) is 9.41. The van der Waals surface area contributed by atoms with Crippen LogP contribution in [0.25, 0.3) is 5.57 Å². The second kappa shape index (κ2) is 8.48. The number of methoxy groups -OCH3 is 1. The molecule has 0 radical (unpaired) electrons. The van der Waals surface area contributed by atoms with E-state index in [0.29, 0.717) is 29.6 Å². The maximum absolute atomic E-state index is 12.9. The zero-order chi connectivity index (χ0) is 20.3. The molecule has 28 heavy (non-hydrogen) atoms. The Balaban J connectivity index is 1.81. The summed E-state index contributed by atoms with van der Waals surface area (Å²) in [5, 5.41) is -0.0734. The molecule has 146 valence electrons. The van der Waals surface area contributed by atoms with Crippen molar-refractivity contribution in [1.82, 2.24) is 4.90 Å². The zero-order valence-corrected chi connectivity index (χ0v) is 16.8. The van der Waals surface area contributed by atoms with Crippen LogP contribution in [0.3, 0.4) is 0 Å². The predicted molar refractivity (Wildman–Crippen MR) is 108 cm³/mol. The number of halogens is 1. The highest BCUT2D eigenvalue weighted by Gasteiger charge is 2.38. The van der Waals surface area contributed by atoms with E-state index in [-0.39, 0.29) is 17.2 Å². The summed E-state index contributed by atoms with van der Waals surface area (Å²) in [6.45, 7) is 4.83. The van der Waals surface area contributed by atoms with Gasteiger partial charge in [0.1, 0.15) is 16.5 Å². The third-order valence-corrected chi connectivity index (χ3v) is 4.71. The standard InChI is InChI=1S/C22H22ClNO4/c1-14(2)13-28-17-10-8-15(9-11-17)19-20(23)22(26)24(21(19)25)12-16-6-4-5-7-18(16)27-3/h4-11,14H,12-13H2,1-3H3. The van der Waals surface area contributed by atoms with Crippen molar-refractivity contribution >= 4 is 29.0 Å². The molecule has 0 unspecified atom stereocenters. The van der Waals surface area contributed by atoms with Crippen LogP contribution in [0.2, 0.25) is 0 Å². The minimum atomic E-state index is -0.507. The van der Waals surface area contributed by atoms with Gasteiger partial charge in [0.25, 0.3) is 11.8 Å². The summed E-state index contributed by atoms with van der Waals surface area (Å²) in [7, 11) is 1.55. The van der Waals surface area contributed by atoms with Crippen molar-refractivity contribution in [3.63, 3.8) is 0 Å². The minimum absolute atomic E-state index is 0.0734. The monoisotopic (exact) mass is 399 g/mol. The van der Waals surface area contributed by atoms with Crippen molar-refractivity contribution in [2.75, 3.05) is 13.7 Å². The number of carbonyl (C=O) groups excluding carboxylic acids is 2. The molecule has 1 heterocycles. The molecule has 0 bridgehead atoms. The summed E-state index contributed by atoms with van der Waals surface area (Å²) in [6.07, 6.45) is 0. The highest BCUT2D eigenvalue weighted by molar-refractivity contribution is 6.55. The number of carbonyl (C=O) groups is 2. The smallest absolute Gasteiger partial charge is 0.273 e. The summed E-state index contributed by atoms with van der Waals surface area (Å²) < 4.78 is 11.0. The molecule has 0 aliphatic carbocycles. The lowest BCUT2D eigenvalue weighted by atomic mass is 10.1. The van der Waals surface area contributed by atoms with E-state index in [2.05, 4.69) is 13.8 Å². The van der Waals surface area contributed by atoms with E-state index >= 15 is 0 Å². The van der Waals surface area contributed by atoms with Gasteiger partial charge in [0.05, 0.1) is 25.8 Å². The van der Waals surface area contributed by atoms with Crippen LogP contribution in [-0.4, -0.2) is 30.4 Å². The lowest BCUT2D eigenvalue weighted by Gasteiger charge is -2.17. The quantitative estimate of drug-likeness (QED) is 0.653. The van der Waals surface area contributed by atoms with Gasteiger partial charge in [-0.25, -0.2) is 0 Å². The molecule has 3 rings (SSSR count). The van der Waals surface area contributed by atoms with Crippen molar-refractivity contribution < 1.29 is 19.1 Å². The molecule has 0 atom stereocenters. The molecule has 0 aromatic heterocycles. The number of para-hydroxylation sites is 1. The Morgan fingerprint density at radius 3 is 2.32 bits per heavy atom. The average Bonchev–Trinajstić information content (AvgIpc) is 2.90. The molecule has 1 aliphatic rings. The average molecular weight is 400 g/mol. The molecule has 5 nitrogen and oxygen atoms in total. The topological polar surface area (TPSA) is 55.8 Å². The van der Waals surface area contributed by atoms with E-state index in [0.717, 1.165) is 10.5 Å². The molecule has 1 aliphatic heterocycles. The van der Waals surface area contributed by atoms with Crippen LogP contribution < -0.4 is 9.47 Å². The maximum atomic E-state index is 12.9. The fourth-order valence-electron chi connectivity index (χ4n) is 2.92. The van der Waals surface area contributed by atoms with E-state index in [1.165, 1.54) is 0 Å². The van der Waals surface area contributed by atoms with Gasteiger partial charge >= 0.3 is 0 Å². The van der Waals surface area contributed by atoms with Gasteiger partial charge in [0, 0.05) is 5.56 Å². The molecule has 6 heteroatoms. The van der Waals surface area contributed by atoms with Gasteiger partial charge < -0.3 is 9.47 Å². The molecule has 2 aromatic rings. The first-order valence-electron chi connectivity index (χ1n) is 9.03. The number of benzene rings is 2. The maximum Gasteiger partial charge on any atom is 0.273 e. The van der Waals surface area contributed by atoms with Gasteiger partial charge in [-0.3, -0.25) is 14.5 Å². The summed E-state index contributed by atoms with van der Waals surface area (Å²) in [5.74, 6) is 0.801. The number of rotatable bonds is 7. The molecular formula is C22H22ClNO4. The van der Waals surface area contributed by atoms with Crippen molar-refractivity contribution in [3.8, 4) is 11.5 Å². The first-order chi connectivity index (χ1) is 13.4. The second-order valence-electron chi connectivity index (χ2n) is 6.93. The molecule has 0 saturated heterocycles. The minimum Gasteiger partial charge on any atom is -0.496 e. The molecule has 0 N–H and O–H groups in total. The van der Waals surface area contributed by atoms with Crippen LogP contribution in [0.15, 0.2) is 53.6 Å². The van der Waals surface area contributed by atoms with E-state index < -0.39 is 11.8 Å². The lowest BCUT2D eigenvalue weighted by Crippen LogP contribution is -2.30. The second-order valence-corrected chi connectivity index (χ2v) is 7.30. The highest BCUT2D eigenvalue weighted by Crippen LogP contribution is 2.34. The van der Waals surface area contributed by atoms with E-state index in [1.807, 2.05) is 18.2 Å². The van der Waals surface area contributed by atoms with Gasteiger partial charge in [-0.1, -0.05) is 55.8 Å². The predicted octanol–water partition coefficient (Wildman–Crippen LogP) is 4.25. The molecule has 0 saturated carbocycles. The van der Waals surface area contributed by atoms with Crippen LogP contribution in [0, 0.1) is 5.92 Å². The Morgan fingerprint density at radius 1 is 1.00 bits per heavy atom. The van der Waals surface area contributed by atoms with Crippen LogP contribution in [0.1, 0.15) is 25.0 Å². The summed E-state index contributed by atoms with van der Waals surface area (Å²) in [4.78, 5) is 26.7. The number of hydrogen-bond donors (Lipinski definition) is 0. The van der Waals surface area contributed by atoms with E-state index in [9.17, 15) is 9.59 Å². The van der Waals surface area contributed by atoms with Crippen LogP contribution in [0.4, 0.5) is 0 Å². The fraction of sp³-hybridized carbons (Fsp3) is 0.273. The van der Waals surface area contributed by atoms with Crippen molar-refractivity contribution in [1.29, 1.82) is 0 Å². The zero-order valence-electron chi connectivity index (χ0n) is 16.1. The first kappa shape index (κ1) is 20.0. The van der Waals surface area contributed by atoms with Gasteiger partial charge in [-0.2, -0.15) is 0 Å². The Morgan fingerprint density at radius 2 is 1.68 bits per heavy atom.